The average Bonchev–Trinajstić information content (AvgIpc) is 3.45. The van der Waals surface area contributed by atoms with Crippen molar-refractivity contribution in [3.63, 3.8) is 0 Å². The Balaban J connectivity index is 1.52. The fourth-order valence-corrected chi connectivity index (χ4v) is 4.12. The summed E-state index contributed by atoms with van der Waals surface area (Å²) in [4.78, 5) is 46.0. The zero-order valence-electron chi connectivity index (χ0n) is 18.6. The largest absolute Gasteiger partial charge is 0.462 e. The van der Waals surface area contributed by atoms with E-state index in [-0.39, 0.29) is 23.8 Å². The minimum Gasteiger partial charge on any atom is -0.462 e. The Kier molecular flexibility index (Phi) is 6.64. The summed E-state index contributed by atoms with van der Waals surface area (Å²) in [7, 11) is 0. The summed E-state index contributed by atoms with van der Waals surface area (Å²) in [6, 6.07) is 11.0. The van der Waals surface area contributed by atoms with Gasteiger partial charge >= 0.3 is 11.9 Å². The Labute approximate surface area is 198 Å². The van der Waals surface area contributed by atoms with Crippen molar-refractivity contribution in [1.82, 2.24) is 19.6 Å². The quantitative estimate of drug-likeness (QED) is 0.399. The van der Waals surface area contributed by atoms with E-state index in [0.717, 1.165) is 11.3 Å². The SMILES string of the molecule is CCOC(=O)c1c(-c2ccccc2)csc1NC(=O)C(C)OC(=O)c1nc2nccc(C)n2n1. The number of rotatable bonds is 7. The van der Waals surface area contributed by atoms with Crippen LogP contribution in [0.25, 0.3) is 16.9 Å². The van der Waals surface area contributed by atoms with Crippen LogP contribution >= 0.6 is 11.3 Å². The van der Waals surface area contributed by atoms with Crippen molar-refractivity contribution in [3.8, 4) is 11.1 Å². The van der Waals surface area contributed by atoms with E-state index in [1.54, 1.807) is 31.5 Å². The number of thiophene rings is 1. The number of benzene rings is 1. The Morgan fingerprint density at radius 2 is 1.91 bits per heavy atom. The number of anilines is 1. The van der Waals surface area contributed by atoms with E-state index in [1.165, 1.54) is 22.8 Å². The number of aromatic nitrogens is 4. The smallest absolute Gasteiger partial charge is 0.379 e. The molecule has 3 aromatic heterocycles. The number of hydrogen-bond acceptors (Lipinski definition) is 9. The Hall–Kier alpha value is -4.12. The predicted octanol–water partition coefficient (Wildman–Crippen LogP) is 3.52. The van der Waals surface area contributed by atoms with E-state index < -0.39 is 23.9 Å². The lowest BCUT2D eigenvalue weighted by Crippen LogP contribution is -2.30. The van der Waals surface area contributed by atoms with Gasteiger partial charge in [0.15, 0.2) is 6.10 Å². The average molecular weight is 480 g/mol. The standard InChI is InChI=1S/C23H21N5O5S/c1-4-32-21(30)17-16(15-8-6-5-7-9-15)12-34-20(17)26-19(29)14(3)33-22(31)18-25-23-24-11-10-13(2)28(23)27-18/h5-12,14H,4H2,1-3H3,(H,26,29). The minimum atomic E-state index is -1.18. The fraction of sp³-hybridized carbons (Fsp3) is 0.217. The van der Waals surface area contributed by atoms with Gasteiger partial charge < -0.3 is 14.8 Å². The molecule has 10 nitrogen and oxygen atoms in total. The summed E-state index contributed by atoms with van der Waals surface area (Å²) in [5.41, 5.74) is 2.43. The Morgan fingerprint density at radius 3 is 2.62 bits per heavy atom. The number of ether oxygens (including phenoxy) is 2. The molecule has 4 rings (SSSR count). The van der Waals surface area contributed by atoms with E-state index in [0.29, 0.717) is 10.6 Å². The second kappa shape index (κ2) is 9.79. The number of esters is 2. The van der Waals surface area contributed by atoms with Gasteiger partial charge in [-0.1, -0.05) is 30.3 Å². The molecule has 0 bridgehead atoms. The highest BCUT2D eigenvalue weighted by Crippen LogP contribution is 2.36. The second-order valence-electron chi connectivity index (χ2n) is 7.21. The Morgan fingerprint density at radius 1 is 1.15 bits per heavy atom. The third kappa shape index (κ3) is 4.64. The first kappa shape index (κ1) is 23.1. The number of carbonyl (C=O) groups excluding carboxylic acids is 3. The van der Waals surface area contributed by atoms with Crippen LogP contribution in [0.4, 0.5) is 5.00 Å². The van der Waals surface area contributed by atoms with Gasteiger partial charge in [0.1, 0.15) is 10.6 Å². The molecule has 0 aliphatic heterocycles. The van der Waals surface area contributed by atoms with Gasteiger partial charge in [-0.05, 0) is 32.4 Å². The Bertz CT molecular complexity index is 1360. The maximum atomic E-state index is 12.8. The first-order chi connectivity index (χ1) is 16.4. The van der Waals surface area contributed by atoms with Crippen LogP contribution in [0.3, 0.4) is 0 Å². The third-order valence-corrected chi connectivity index (χ3v) is 5.75. The highest BCUT2D eigenvalue weighted by molar-refractivity contribution is 7.15. The third-order valence-electron chi connectivity index (χ3n) is 4.86. The van der Waals surface area contributed by atoms with Gasteiger partial charge in [0.25, 0.3) is 17.5 Å². The predicted molar refractivity (Wildman–Crippen MR) is 125 cm³/mol. The van der Waals surface area contributed by atoms with Crippen LogP contribution in [0, 0.1) is 6.92 Å². The number of hydrogen-bond donors (Lipinski definition) is 1. The van der Waals surface area contributed by atoms with Gasteiger partial charge in [-0.3, -0.25) is 4.79 Å². The molecule has 0 aliphatic carbocycles. The number of aryl methyl sites for hydroxylation is 1. The summed E-state index contributed by atoms with van der Waals surface area (Å²) >= 11 is 1.18. The van der Waals surface area contributed by atoms with Crippen molar-refractivity contribution in [3.05, 3.63) is 65.1 Å². The van der Waals surface area contributed by atoms with E-state index in [1.807, 2.05) is 30.3 Å². The summed E-state index contributed by atoms with van der Waals surface area (Å²) in [6.07, 6.45) is 0.377. The van der Waals surface area contributed by atoms with Crippen molar-refractivity contribution in [2.45, 2.75) is 26.9 Å². The molecule has 1 N–H and O–H groups in total. The van der Waals surface area contributed by atoms with Crippen LogP contribution in [0.15, 0.2) is 48.0 Å². The molecule has 0 saturated carbocycles. The highest BCUT2D eigenvalue weighted by atomic mass is 32.1. The molecule has 0 saturated heterocycles. The lowest BCUT2D eigenvalue weighted by molar-refractivity contribution is -0.123. The molecule has 1 unspecified atom stereocenters. The van der Waals surface area contributed by atoms with Crippen LogP contribution < -0.4 is 5.32 Å². The van der Waals surface area contributed by atoms with Crippen LogP contribution in [0.5, 0.6) is 0 Å². The van der Waals surface area contributed by atoms with E-state index in [2.05, 4.69) is 20.4 Å². The molecular weight excluding hydrogens is 458 g/mol. The lowest BCUT2D eigenvalue weighted by Gasteiger charge is -2.13. The first-order valence-corrected chi connectivity index (χ1v) is 11.3. The normalized spacial score (nSPS) is 11.7. The molecule has 34 heavy (non-hydrogen) atoms. The second-order valence-corrected chi connectivity index (χ2v) is 8.09. The fourth-order valence-electron chi connectivity index (χ4n) is 3.16. The number of amides is 1. The molecule has 0 spiro atoms. The lowest BCUT2D eigenvalue weighted by atomic mass is 10.0. The molecule has 1 aromatic carbocycles. The van der Waals surface area contributed by atoms with Gasteiger partial charge in [0.05, 0.1) is 6.61 Å². The molecule has 1 amide bonds. The molecule has 0 fully saturated rings. The van der Waals surface area contributed by atoms with Gasteiger partial charge in [-0.2, -0.15) is 4.98 Å². The number of nitrogens with zero attached hydrogens (tertiary/aromatic N) is 4. The maximum Gasteiger partial charge on any atom is 0.379 e. The molecular formula is C23H21N5O5S. The molecule has 174 valence electrons. The van der Waals surface area contributed by atoms with Crippen molar-refractivity contribution < 1.29 is 23.9 Å². The molecule has 3 heterocycles. The summed E-state index contributed by atoms with van der Waals surface area (Å²) in [5.74, 6) is -2.00. The van der Waals surface area contributed by atoms with E-state index >= 15 is 0 Å². The van der Waals surface area contributed by atoms with Gasteiger partial charge in [0.2, 0.25) is 0 Å². The number of carbonyl (C=O) groups is 3. The van der Waals surface area contributed by atoms with Crippen LogP contribution in [0.2, 0.25) is 0 Å². The van der Waals surface area contributed by atoms with Gasteiger partial charge in [-0.25, -0.2) is 19.1 Å². The zero-order chi connectivity index (χ0) is 24.2. The van der Waals surface area contributed by atoms with Crippen molar-refractivity contribution in [1.29, 1.82) is 0 Å². The molecule has 4 aromatic rings. The summed E-state index contributed by atoms with van der Waals surface area (Å²) in [6.45, 7) is 5.10. The zero-order valence-corrected chi connectivity index (χ0v) is 19.5. The summed E-state index contributed by atoms with van der Waals surface area (Å²) < 4.78 is 11.9. The molecule has 0 radical (unpaired) electrons. The van der Waals surface area contributed by atoms with Gasteiger partial charge in [0, 0.05) is 22.8 Å². The van der Waals surface area contributed by atoms with Crippen molar-refractivity contribution in [2.75, 3.05) is 11.9 Å². The summed E-state index contributed by atoms with van der Waals surface area (Å²) in [5, 5.41) is 8.83. The van der Waals surface area contributed by atoms with E-state index in [4.69, 9.17) is 9.47 Å². The topological polar surface area (TPSA) is 125 Å². The monoisotopic (exact) mass is 479 g/mol. The number of nitrogens with one attached hydrogen (secondary N) is 1. The van der Waals surface area contributed by atoms with Crippen molar-refractivity contribution in [2.24, 2.45) is 0 Å². The van der Waals surface area contributed by atoms with Crippen LogP contribution in [-0.2, 0) is 14.3 Å². The first-order valence-electron chi connectivity index (χ1n) is 10.4. The van der Waals surface area contributed by atoms with Crippen molar-refractivity contribution >= 4 is 40.0 Å². The number of fused-ring (bicyclic) bond motifs is 1. The molecule has 11 heteroatoms. The van der Waals surface area contributed by atoms with Crippen LogP contribution in [-0.4, -0.2) is 50.1 Å². The highest BCUT2D eigenvalue weighted by Gasteiger charge is 2.27. The minimum absolute atomic E-state index is 0.185. The maximum absolute atomic E-state index is 12.8. The van der Waals surface area contributed by atoms with Crippen LogP contribution in [0.1, 0.15) is 40.5 Å². The van der Waals surface area contributed by atoms with E-state index in [9.17, 15) is 14.4 Å². The molecule has 0 aliphatic rings. The van der Waals surface area contributed by atoms with Gasteiger partial charge in [-0.15, -0.1) is 16.4 Å². The molecule has 1 atom stereocenters.